The summed E-state index contributed by atoms with van der Waals surface area (Å²) in [5, 5.41) is 18.0. The van der Waals surface area contributed by atoms with Gasteiger partial charge in [0.15, 0.2) is 11.6 Å². The molecule has 0 aromatic carbocycles. The number of ether oxygens (including phenoxy) is 1. The molecule has 0 saturated carbocycles. The van der Waals surface area contributed by atoms with E-state index >= 15 is 0 Å². The number of nitrogens with zero attached hydrogens (tertiary/aromatic N) is 4. The highest BCUT2D eigenvalue weighted by molar-refractivity contribution is 6.67. The van der Waals surface area contributed by atoms with Crippen LogP contribution in [0.1, 0.15) is 12.0 Å². The van der Waals surface area contributed by atoms with Crippen LogP contribution < -0.4 is 9.64 Å². The number of rotatable bonds is 0. The largest absolute Gasteiger partial charge is 0.490 e. The van der Waals surface area contributed by atoms with Crippen LogP contribution in [-0.2, 0) is 0 Å². The van der Waals surface area contributed by atoms with Crippen LogP contribution in [0.2, 0.25) is 12.6 Å². The second-order valence-corrected chi connectivity index (χ2v) is 4.99. The number of hydrogen-bond donors (Lipinski definition) is 0. The lowest BCUT2D eigenvalue weighted by Crippen LogP contribution is -2.45. The van der Waals surface area contributed by atoms with Crippen LogP contribution in [0.15, 0.2) is 12.3 Å². The van der Waals surface area contributed by atoms with Gasteiger partial charge in [0, 0.05) is 37.2 Å². The summed E-state index contributed by atoms with van der Waals surface area (Å²) >= 11 is 0. The number of hydrogen-bond acceptors (Lipinski definition) is 5. The van der Waals surface area contributed by atoms with E-state index in [-0.39, 0.29) is 6.71 Å². The van der Waals surface area contributed by atoms with Crippen molar-refractivity contribution in [2.45, 2.75) is 25.1 Å². The topological polar surface area (TPSA) is 72.9 Å². The van der Waals surface area contributed by atoms with Crippen molar-refractivity contribution in [2.75, 3.05) is 18.1 Å². The number of aromatic nitrogens is 1. The Labute approximate surface area is 112 Å². The number of fused-ring (bicyclic) bond motifs is 3. The van der Waals surface area contributed by atoms with Gasteiger partial charge in [0.2, 0.25) is 0 Å². The second-order valence-electron chi connectivity index (χ2n) is 4.99. The Morgan fingerprint density at radius 3 is 3.16 bits per heavy atom. The highest BCUT2D eigenvalue weighted by atomic mass is 16.5. The molecule has 6 heteroatoms. The van der Waals surface area contributed by atoms with E-state index in [0.717, 1.165) is 31.4 Å². The molecule has 0 radical (unpaired) electrons. The SMILES string of the molecule is N#CB1CCN2c3ncc(C#N)cc3OCCC2C1. The molecule has 1 saturated heterocycles. The quantitative estimate of drug-likeness (QED) is 0.654. The number of anilines is 1. The predicted octanol–water partition coefficient (Wildman–Crippen LogP) is 1.48. The van der Waals surface area contributed by atoms with Crippen molar-refractivity contribution >= 4 is 12.5 Å². The van der Waals surface area contributed by atoms with E-state index in [1.54, 1.807) is 12.3 Å². The van der Waals surface area contributed by atoms with Crippen molar-refractivity contribution in [3.8, 4) is 17.8 Å². The van der Waals surface area contributed by atoms with Crippen LogP contribution in [-0.4, -0.2) is 30.9 Å². The third-order valence-electron chi connectivity index (χ3n) is 3.84. The molecule has 94 valence electrons. The van der Waals surface area contributed by atoms with E-state index < -0.39 is 0 Å². The molecule has 1 unspecified atom stereocenters. The summed E-state index contributed by atoms with van der Waals surface area (Å²) < 4.78 is 5.71. The highest BCUT2D eigenvalue weighted by Gasteiger charge is 2.34. The maximum absolute atomic E-state index is 9.06. The molecule has 1 aromatic heterocycles. The Morgan fingerprint density at radius 1 is 1.47 bits per heavy atom. The van der Waals surface area contributed by atoms with Crippen molar-refractivity contribution in [3.05, 3.63) is 17.8 Å². The number of pyridine rings is 1. The predicted molar refractivity (Wildman–Crippen MR) is 71.2 cm³/mol. The van der Waals surface area contributed by atoms with Gasteiger partial charge in [0.1, 0.15) is 6.07 Å². The van der Waals surface area contributed by atoms with Gasteiger partial charge in [-0.25, -0.2) is 10.2 Å². The normalized spacial score (nSPS) is 21.3. The second kappa shape index (κ2) is 4.82. The molecule has 1 aromatic rings. The Bertz CT molecular complexity index is 577. The Balaban J connectivity index is 1.94. The lowest BCUT2D eigenvalue weighted by molar-refractivity contribution is 0.311. The fourth-order valence-corrected chi connectivity index (χ4v) is 2.85. The standard InChI is InChI=1S/C13H13BN4O/c15-7-10-5-12-13(17-8-10)18-3-2-14(9-16)6-11(18)1-4-19-12/h5,8,11H,1-4,6H2. The molecule has 19 heavy (non-hydrogen) atoms. The maximum atomic E-state index is 9.06. The molecule has 0 bridgehead atoms. The Kier molecular flexibility index (Phi) is 3.01. The molecule has 0 N–H and O–H groups in total. The zero-order valence-corrected chi connectivity index (χ0v) is 10.5. The van der Waals surface area contributed by atoms with Crippen LogP contribution in [0.25, 0.3) is 0 Å². The zero-order chi connectivity index (χ0) is 13.2. The van der Waals surface area contributed by atoms with E-state index in [9.17, 15) is 0 Å². The van der Waals surface area contributed by atoms with E-state index in [4.69, 9.17) is 15.3 Å². The lowest BCUT2D eigenvalue weighted by atomic mass is 9.43. The molecule has 0 amide bonds. The van der Waals surface area contributed by atoms with E-state index in [1.807, 2.05) is 0 Å². The first-order valence-electron chi connectivity index (χ1n) is 6.51. The van der Waals surface area contributed by atoms with Gasteiger partial charge in [0.05, 0.1) is 12.2 Å². The first kappa shape index (κ1) is 11.9. The minimum Gasteiger partial charge on any atom is -0.490 e. The smallest absolute Gasteiger partial charge is 0.271 e. The van der Waals surface area contributed by atoms with Crippen molar-refractivity contribution in [2.24, 2.45) is 0 Å². The van der Waals surface area contributed by atoms with Crippen LogP contribution >= 0.6 is 0 Å². The van der Waals surface area contributed by atoms with Crippen molar-refractivity contribution in [3.63, 3.8) is 0 Å². The van der Waals surface area contributed by atoms with Crippen molar-refractivity contribution in [1.29, 1.82) is 10.5 Å². The third-order valence-corrected chi connectivity index (χ3v) is 3.84. The van der Waals surface area contributed by atoms with Gasteiger partial charge in [0.25, 0.3) is 6.71 Å². The van der Waals surface area contributed by atoms with Gasteiger partial charge >= 0.3 is 0 Å². The fraction of sp³-hybridized carbons (Fsp3) is 0.462. The zero-order valence-electron chi connectivity index (χ0n) is 10.5. The average molecular weight is 252 g/mol. The summed E-state index contributed by atoms with van der Waals surface area (Å²) in [6, 6.07) is 4.15. The molecule has 0 aliphatic carbocycles. The van der Waals surface area contributed by atoms with Crippen LogP contribution in [0, 0.1) is 22.6 Å². The van der Waals surface area contributed by atoms with Crippen LogP contribution in [0.5, 0.6) is 5.75 Å². The fourth-order valence-electron chi connectivity index (χ4n) is 2.85. The minimum absolute atomic E-state index is 0.140. The first-order chi connectivity index (χ1) is 9.31. The van der Waals surface area contributed by atoms with E-state index in [2.05, 4.69) is 21.9 Å². The van der Waals surface area contributed by atoms with Crippen molar-refractivity contribution in [1.82, 2.24) is 4.98 Å². The Hall–Kier alpha value is -2.21. The first-order valence-corrected chi connectivity index (χ1v) is 6.51. The van der Waals surface area contributed by atoms with Crippen LogP contribution in [0.3, 0.4) is 0 Å². The molecule has 5 nitrogen and oxygen atoms in total. The van der Waals surface area contributed by atoms with Crippen LogP contribution in [0.4, 0.5) is 5.82 Å². The molecule has 1 fully saturated rings. The maximum Gasteiger partial charge on any atom is 0.271 e. The minimum atomic E-state index is 0.140. The summed E-state index contributed by atoms with van der Waals surface area (Å²) in [7, 11) is 0. The molecular weight excluding hydrogens is 239 g/mol. The van der Waals surface area contributed by atoms with Gasteiger partial charge in [-0.15, -0.1) is 0 Å². The molecule has 3 heterocycles. The summed E-state index contributed by atoms with van der Waals surface area (Å²) in [6.07, 6.45) is 4.23. The monoisotopic (exact) mass is 252 g/mol. The molecule has 2 aliphatic rings. The molecule has 3 rings (SSSR count). The summed E-state index contributed by atoms with van der Waals surface area (Å²) in [4.78, 5) is 6.61. The third kappa shape index (κ3) is 2.10. The Morgan fingerprint density at radius 2 is 2.37 bits per heavy atom. The van der Waals surface area contributed by atoms with Gasteiger partial charge in [-0.3, -0.25) is 0 Å². The average Bonchev–Trinajstić information content (AvgIpc) is 2.64. The van der Waals surface area contributed by atoms with Gasteiger partial charge < -0.3 is 9.64 Å². The number of nitriles is 2. The molecular formula is C13H13BN4O. The lowest BCUT2D eigenvalue weighted by Gasteiger charge is -2.36. The van der Waals surface area contributed by atoms with Gasteiger partial charge in [-0.05, 0) is 12.6 Å². The summed E-state index contributed by atoms with van der Waals surface area (Å²) in [6.45, 7) is 1.59. The summed E-state index contributed by atoms with van der Waals surface area (Å²) in [5.74, 6) is 3.88. The highest BCUT2D eigenvalue weighted by Crippen LogP contribution is 2.35. The van der Waals surface area contributed by atoms with Crippen molar-refractivity contribution < 1.29 is 4.74 Å². The van der Waals surface area contributed by atoms with E-state index in [1.165, 1.54) is 0 Å². The molecule has 1 atom stereocenters. The molecule has 2 aliphatic heterocycles. The summed E-state index contributed by atoms with van der Waals surface area (Å²) in [5.41, 5.74) is 0.518. The van der Waals surface area contributed by atoms with Gasteiger partial charge in [-0.1, -0.05) is 0 Å². The van der Waals surface area contributed by atoms with Gasteiger partial charge in [-0.2, -0.15) is 5.26 Å². The molecule has 0 spiro atoms. The van der Waals surface area contributed by atoms with E-state index in [0.29, 0.717) is 24.0 Å².